The number of aliphatic hydroxyl groups excluding tert-OH is 1. The molecular formula is C13H18N2O2. The van der Waals surface area contributed by atoms with Crippen LogP contribution in [0.4, 0.5) is 0 Å². The number of likely N-dealkylation sites (tertiary alicyclic amines) is 1. The highest BCUT2D eigenvalue weighted by molar-refractivity contribution is 5.78. The maximum Gasteiger partial charge on any atom is 0.225 e. The molecule has 2 rings (SSSR count). The van der Waals surface area contributed by atoms with Gasteiger partial charge in [0, 0.05) is 26.2 Å². The van der Waals surface area contributed by atoms with E-state index in [4.69, 9.17) is 0 Å². The highest BCUT2D eigenvalue weighted by Crippen LogP contribution is 2.09. The lowest BCUT2D eigenvalue weighted by Gasteiger charge is -2.15. The molecule has 0 saturated carbocycles. The number of amides is 1. The third kappa shape index (κ3) is 3.54. The number of hydrogen-bond acceptors (Lipinski definition) is 3. The van der Waals surface area contributed by atoms with E-state index in [1.807, 2.05) is 18.2 Å². The van der Waals surface area contributed by atoms with Crippen molar-refractivity contribution >= 4 is 5.91 Å². The number of benzene rings is 1. The topological polar surface area (TPSA) is 52.6 Å². The lowest BCUT2D eigenvalue weighted by molar-refractivity contribution is -0.127. The smallest absolute Gasteiger partial charge is 0.225 e. The van der Waals surface area contributed by atoms with E-state index in [2.05, 4.69) is 17.4 Å². The van der Waals surface area contributed by atoms with Crippen molar-refractivity contribution in [3.8, 4) is 0 Å². The van der Waals surface area contributed by atoms with E-state index in [9.17, 15) is 9.90 Å². The Hall–Kier alpha value is -1.39. The zero-order valence-corrected chi connectivity index (χ0v) is 9.80. The maximum absolute atomic E-state index is 11.4. The molecule has 1 unspecified atom stereocenters. The van der Waals surface area contributed by atoms with Crippen LogP contribution in [0.3, 0.4) is 0 Å². The molecule has 0 aromatic heterocycles. The van der Waals surface area contributed by atoms with Crippen LogP contribution < -0.4 is 5.32 Å². The van der Waals surface area contributed by atoms with Crippen LogP contribution >= 0.6 is 0 Å². The summed E-state index contributed by atoms with van der Waals surface area (Å²) in [6.07, 6.45) is -0.199. The number of nitrogens with zero attached hydrogens (tertiary/aromatic N) is 1. The van der Waals surface area contributed by atoms with Crippen LogP contribution in [-0.2, 0) is 11.3 Å². The predicted octanol–water partition coefficient (Wildman–Crippen LogP) is 0.369. The van der Waals surface area contributed by atoms with Gasteiger partial charge in [-0.05, 0) is 5.56 Å². The second kappa shape index (κ2) is 5.80. The number of carbonyl (C=O) groups excluding carboxylic acids is 1. The molecule has 4 nitrogen and oxygen atoms in total. The third-order valence-corrected chi connectivity index (χ3v) is 2.92. The van der Waals surface area contributed by atoms with E-state index in [-0.39, 0.29) is 12.3 Å². The number of β-amino-alcohol motifs (C(OH)–C–C–N with tert-alkyl or cyclic N) is 1. The van der Waals surface area contributed by atoms with Crippen molar-refractivity contribution in [1.82, 2.24) is 10.2 Å². The SMILES string of the molecule is O=C1CC(O)CN1CCNCc1ccccc1. The van der Waals surface area contributed by atoms with Crippen molar-refractivity contribution < 1.29 is 9.90 Å². The Bertz CT molecular complexity index is 367. The van der Waals surface area contributed by atoms with E-state index >= 15 is 0 Å². The fourth-order valence-electron chi connectivity index (χ4n) is 2.01. The average molecular weight is 234 g/mol. The van der Waals surface area contributed by atoms with Crippen molar-refractivity contribution in [1.29, 1.82) is 0 Å². The van der Waals surface area contributed by atoms with Crippen molar-refractivity contribution in [3.05, 3.63) is 35.9 Å². The second-order valence-corrected chi connectivity index (χ2v) is 4.36. The molecule has 1 heterocycles. The maximum atomic E-state index is 11.4. The van der Waals surface area contributed by atoms with Gasteiger partial charge in [-0.25, -0.2) is 0 Å². The lowest BCUT2D eigenvalue weighted by Crippen LogP contribution is -2.33. The minimum Gasteiger partial charge on any atom is -0.391 e. The molecule has 92 valence electrons. The molecule has 17 heavy (non-hydrogen) atoms. The standard InChI is InChI=1S/C13H18N2O2/c16-12-8-13(17)15(10-12)7-6-14-9-11-4-2-1-3-5-11/h1-5,12,14,16H,6-10H2. The van der Waals surface area contributed by atoms with Gasteiger partial charge in [0.1, 0.15) is 0 Å². The Morgan fingerprint density at radius 3 is 2.76 bits per heavy atom. The first kappa shape index (κ1) is 12.1. The van der Waals surface area contributed by atoms with E-state index in [0.717, 1.165) is 13.1 Å². The Balaban J connectivity index is 1.65. The van der Waals surface area contributed by atoms with Gasteiger partial charge in [-0.1, -0.05) is 30.3 Å². The summed E-state index contributed by atoms with van der Waals surface area (Å²) in [6, 6.07) is 10.2. The van der Waals surface area contributed by atoms with E-state index in [1.54, 1.807) is 4.90 Å². The molecule has 2 N–H and O–H groups in total. The molecule has 0 bridgehead atoms. The molecule has 0 aliphatic carbocycles. The second-order valence-electron chi connectivity index (χ2n) is 4.36. The van der Waals surface area contributed by atoms with Gasteiger partial charge in [0.25, 0.3) is 0 Å². The zero-order chi connectivity index (χ0) is 12.1. The summed E-state index contributed by atoms with van der Waals surface area (Å²) >= 11 is 0. The Morgan fingerprint density at radius 1 is 1.35 bits per heavy atom. The molecule has 1 aromatic carbocycles. The van der Waals surface area contributed by atoms with Crippen LogP contribution in [0.15, 0.2) is 30.3 Å². The van der Waals surface area contributed by atoms with Gasteiger partial charge < -0.3 is 15.3 Å². The summed E-state index contributed by atoms with van der Waals surface area (Å²) < 4.78 is 0. The molecular weight excluding hydrogens is 216 g/mol. The summed E-state index contributed by atoms with van der Waals surface area (Å²) in [7, 11) is 0. The molecule has 1 amide bonds. The summed E-state index contributed by atoms with van der Waals surface area (Å²) in [5.74, 6) is 0.0546. The fourth-order valence-corrected chi connectivity index (χ4v) is 2.01. The monoisotopic (exact) mass is 234 g/mol. The largest absolute Gasteiger partial charge is 0.391 e. The first-order chi connectivity index (χ1) is 8.25. The van der Waals surface area contributed by atoms with E-state index < -0.39 is 6.10 Å². The van der Waals surface area contributed by atoms with Crippen LogP contribution in [-0.4, -0.2) is 41.7 Å². The molecule has 4 heteroatoms. The highest BCUT2D eigenvalue weighted by atomic mass is 16.3. The first-order valence-corrected chi connectivity index (χ1v) is 5.96. The number of carbonyl (C=O) groups is 1. The van der Waals surface area contributed by atoms with Crippen LogP contribution in [0.5, 0.6) is 0 Å². The van der Waals surface area contributed by atoms with Crippen molar-refractivity contribution in [2.75, 3.05) is 19.6 Å². The summed E-state index contributed by atoms with van der Waals surface area (Å²) in [4.78, 5) is 13.1. The van der Waals surface area contributed by atoms with Gasteiger partial charge in [0.2, 0.25) is 5.91 Å². The quantitative estimate of drug-likeness (QED) is 0.724. The van der Waals surface area contributed by atoms with Gasteiger partial charge >= 0.3 is 0 Å². The predicted molar refractivity (Wildman–Crippen MR) is 65.4 cm³/mol. The van der Waals surface area contributed by atoms with Crippen LogP contribution in [0.1, 0.15) is 12.0 Å². The van der Waals surface area contributed by atoms with Crippen LogP contribution in [0.2, 0.25) is 0 Å². The van der Waals surface area contributed by atoms with Gasteiger partial charge in [0.05, 0.1) is 12.5 Å². The van der Waals surface area contributed by atoms with Gasteiger partial charge in [-0.2, -0.15) is 0 Å². The van der Waals surface area contributed by atoms with Gasteiger partial charge in [-0.3, -0.25) is 4.79 Å². The molecule has 0 spiro atoms. The fraction of sp³-hybridized carbons (Fsp3) is 0.462. The van der Waals surface area contributed by atoms with Crippen LogP contribution in [0, 0.1) is 0 Å². The van der Waals surface area contributed by atoms with E-state index in [1.165, 1.54) is 5.56 Å². The number of nitrogens with one attached hydrogen (secondary N) is 1. The lowest BCUT2D eigenvalue weighted by atomic mass is 10.2. The first-order valence-electron chi connectivity index (χ1n) is 5.96. The van der Waals surface area contributed by atoms with Crippen molar-refractivity contribution in [3.63, 3.8) is 0 Å². The highest BCUT2D eigenvalue weighted by Gasteiger charge is 2.26. The van der Waals surface area contributed by atoms with Gasteiger partial charge in [0.15, 0.2) is 0 Å². The van der Waals surface area contributed by atoms with E-state index in [0.29, 0.717) is 13.1 Å². The average Bonchev–Trinajstić information content (AvgIpc) is 2.65. The summed E-state index contributed by atoms with van der Waals surface area (Å²) in [6.45, 7) is 2.72. The molecule has 0 radical (unpaired) electrons. The number of hydrogen-bond donors (Lipinski definition) is 2. The number of aliphatic hydroxyl groups is 1. The molecule has 1 aliphatic heterocycles. The normalized spacial score (nSPS) is 19.9. The Labute approximate surface area is 101 Å². The molecule has 1 aliphatic rings. The number of rotatable bonds is 5. The Morgan fingerprint density at radius 2 is 2.12 bits per heavy atom. The summed E-state index contributed by atoms with van der Waals surface area (Å²) in [5, 5.41) is 12.6. The van der Waals surface area contributed by atoms with Gasteiger partial charge in [-0.15, -0.1) is 0 Å². The molecule has 1 atom stereocenters. The van der Waals surface area contributed by atoms with Crippen LogP contribution in [0.25, 0.3) is 0 Å². The molecule has 1 saturated heterocycles. The third-order valence-electron chi connectivity index (χ3n) is 2.92. The molecule has 1 aromatic rings. The Kier molecular flexibility index (Phi) is 4.12. The van der Waals surface area contributed by atoms with Crippen molar-refractivity contribution in [2.45, 2.75) is 19.1 Å². The van der Waals surface area contributed by atoms with Crippen molar-refractivity contribution in [2.24, 2.45) is 0 Å². The molecule has 1 fully saturated rings. The minimum atomic E-state index is -0.475. The minimum absolute atomic E-state index is 0.0546. The summed E-state index contributed by atoms with van der Waals surface area (Å²) in [5.41, 5.74) is 1.24. The zero-order valence-electron chi connectivity index (χ0n) is 9.80.